The molecule has 0 amide bonds. The highest BCUT2D eigenvalue weighted by Gasteiger charge is 2.18. The Kier molecular flexibility index (Phi) is 6.68. The van der Waals surface area contributed by atoms with Gasteiger partial charge >= 0.3 is 0 Å². The number of nitrogens with zero attached hydrogens (tertiary/aromatic N) is 1. The zero-order valence-corrected chi connectivity index (χ0v) is 9.44. The third-order valence-corrected chi connectivity index (χ3v) is 2.46. The molecule has 4 heteroatoms. The second-order valence-electron chi connectivity index (χ2n) is 3.86. The number of nitrogens with one attached hydrogen (secondary N) is 1. The van der Waals surface area contributed by atoms with Crippen LogP contribution >= 0.6 is 12.4 Å². The first-order chi connectivity index (χ1) is 5.72. The summed E-state index contributed by atoms with van der Waals surface area (Å²) >= 11 is 0. The summed E-state index contributed by atoms with van der Waals surface area (Å²) in [5, 5.41) is 3.32. The van der Waals surface area contributed by atoms with E-state index in [-0.39, 0.29) is 12.4 Å². The third-order valence-electron chi connectivity index (χ3n) is 2.46. The Bertz CT molecular complexity index is 130. The molecule has 0 bridgehead atoms. The Balaban J connectivity index is 0.00000144. The molecule has 0 spiro atoms. The summed E-state index contributed by atoms with van der Waals surface area (Å²) in [4.78, 5) is 2.45. The first-order valence-corrected chi connectivity index (χ1v) is 4.87. The van der Waals surface area contributed by atoms with Crippen LogP contribution in [0.5, 0.6) is 0 Å². The molecule has 1 saturated heterocycles. The van der Waals surface area contributed by atoms with Crippen molar-refractivity contribution in [1.29, 1.82) is 0 Å². The monoisotopic (exact) mass is 207 g/mol. The van der Waals surface area contributed by atoms with Crippen LogP contribution in [0, 0.1) is 0 Å². The molecular weight excluding hydrogens is 186 g/mol. The van der Waals surface area contributed by atoms with Crippen molar-refractivity contribution in [2.24, 2.45) is 5.73 Å². The molecule has 0 aromatic rings. The Labute approximate surface area is 87.5 Å². The van der Waals surface area contributed by atoms with E-state index in [1.54, 1.807) is 0 Å². The van der Waals surface area contributed by atoms with Gasteiger partial charge in [-0.15, -0.1) is 12.4 Å². The summed E-state index contributed by atoms with van der Waals surface area (Å²) in [6.07, 6.45) is 2.62. The van der Waals surface area contributed by atoms with Crippen LogP contribution in [-0.2, 0) is 0 Å². The van der Waals surface area contributed by atoms with Crippen LogP contribution in [0.2, 0.25) is 0 Å². The van der Waals surface area contributed by atoms with E-state index in [1.807, 2.05) is 7.05 Å². The van der Waals surface area contributed by atoms with E-state index in [0.717, 1.165) is 13.1 Å². The fourth-order valence-corrected chi connectivity index (χ4v) is 1.86. The molecule has 0 aromatic heterocycles. The van der Waals surface area contributed by atoms with E-state index in [4.69, 9.17) is 5.73 Å². The van der Waals surface area contributed by atoms with Crippen LogP contribution in [0.1, 0.15) is 19.8 Å². The summed E-state index contributed by atoms with van der Waals surface area (Å²) in [5.74, 6) is 0. The molecule has 0 aliphatic carbocycles. The summed E-state index contributed by atoms with van der Waals surface area (Å²) in [7, 11) is 2.04. The second-order valence-corrected chi connectivity index (χ2v) is 3.86. The highest BCUT2D eigenvalue weighted by molar-refractivity contribution is 5.85. The molecule has 0 saturated carbocycles. The average molecular weight is 208 g/mol. The number of piperidine rings is 1. The lowest BCUT2D eigenvalue weighted by molar-refractivity contribution is 0.188. The number of rotatable bonds is 3. The predicted octanol–water partition coefficient (Wildman–Crippen LogP) is 0.439. The SMILES string of the molecule is CNC1CCCN(CC(C)N)C1.Cl. The normalized spacial score (nSPS) is 26.5. The lowest BCUT2D eigenvalue weighted by atomic mass is 10.1. The van der Waals surface area contributed by atoms with E-state index in [9.17, 15) is 0 Å². The van der Waals surface area contributed by atoms with Gasteiger partial charge in [-0.1, -0.05) is 0 Å². The minimum absolute atomic E-state index is 0. The third kappa shape index (κ3) is 4.81. The maximum atomic E-state index is 5.75. The van der Waals surface area contributed by atoms with Gasteiger partial charge in [0.2, 0.25) is 0 Å². The second kappa shape index (κ2) is 6.60. The van der Waals surface area contributed by atoms with Gasteiger partial charge < -0.3 is 16.0 Å². The largest absolute Gasteiger partial charge is 0.327 e. The van der Waals surface area contributed by atoms with Gasteiger partial charge in [-0.2, -0.15) is 0 Å². The molecule has 1 heterocycles. The van der Waals surface area contributed by atoms with Gasteiger partial charge in [0, 0.05) is 25.2 Å². The molecule has 1 aliphatic rings. The van der Waals surface area contributed by atoms with Crippen molar-refractivity contribution in [3.63, 3.8) is 0 Å². The molecule has 0 radical (unpaired) electrons. The highest BCUT2D eigenvalue weighted by atomic mass is 35.5. The summed E-state index contributed by atoms with van der Waals surface area (Å²) < 4.78 is 0. The molecule has 1 fully saturated rings. The van der Waals surface area contributed by atoms with Crippen LogP contribution < -0.4 is 11.1 Å². The minimum atomic E-state index is 0. The van der Waals surface area contributed by atoms with Gasteiger partial charge in [-0.05, 0) is 33.4 Å². The lowest BCUT2D eigenvalue weighted by Gasteiger charge is -2.33. The first-order valence-electron chi connectivity index (χ1n) is 4.87. The van der Waals surface area contributed by atoms with Crippen molar-refractivity contribution in [3.05, 3.63) is 0 Å². The number of likely N-dealkylation sites (tertiary alicyclic amines) is 1. The molecule has 2 unspecified atom stereocenters. The Morgan fingerprint density at radius 1 is 1.62 bits per heavy atom. The van der Waals surface area contributed by atoms with Gasteiger partial charge in [0.25, 0.3) is 0 Å². The van der Waals surface area contributed by atoms with Gasteiger partial charge in [-0.25, -0.2) is 0 Å². The van der Waals surface area contributed by atoms with Crippen molar-refractivity contribution >= 4 is 12.4 Å². The molecule has 0 aromatic carbocycles. The van der Waals surface area contributed by atoms with E-state index in [0.29, 0.717) is 12.1 Å². The van der Waals surface area contributed by atoms with Gasteiger partial charge in [0.1, 0.15) is 0 Å². The van der Waals surface area contributed by atoms with Crippen LogP contribution in [0.4, 0.5) is 0 Å². The van der Waals surface area contributed by atoms with E-state index < -0.39 is 0 Å². The van der Waals surface area contributed by atoms with Crippen molar-refractivity contribution in [3.8, 4) is 0 Å². The van der Waals surface area contributed by atoms with E-state index in [1.165, 1.54) is 19.4 Å². The number of hydrogen-bond acceptors (Lipinski definition) is 3. The standard InChI is InChI=1S/C9H21N3.ClH/c1-8(10)6-12-5-3-4-9(7-12)11-2;/h8-9,11H,3-7,10H2,1-2H3;1H. The topological polar surface area (TPSA) is 41.3 Å². The summed E-state index contributed by atoms with van der Waals surface area (Å²) in [5.41, 5.74) is 5.75. The van der Waals surface area contributed by atoms with Crippen LogP contribution in [0.25, 0.3) is 0 Å². The van der Waals surface area contributed by atoms with Crippen molar-refractivity contribution in [1.82, 2.24) is 10.2 Å². The fraction of sp³-hybridized carbons (Fsp3) is 1.00. The highest BCUT2D eigenvalue weighted by Crippen LogP contribution is 2.09. The lowest BCUT2D eigenvalue weighted by Crippen LogP contribution is -2.47. The Morgan fingerprint density at radius 2 is 2.31 bits per heavy atom. The van der Waals surface area contributed by atoms with Crippen molar-refractivity contribution in [2.45, 2.75) is 31.8 Å². The molecule has 1 aliphatic heterocycles. The molecule has 2 atom stereocenters. The van der Waals surface area contributed by atoms with E-state index in [2.05, 4.69) is 17.1 Å². The Morgan fingerprint density at radius 3 is 2.85 bits per heavy atom. The maximum Gasteiger partial charge on any atom is 0.0192 e. The smallest absolute Gasteiger partial charge is 0.0192 e. The minimum Gasteiger partial charge on any atom is -0.327 e. The van der Waals surface area contributed by atoms with Crippen molar-refractivity contribution < 1.29 is 0 Å². The average Bonchev–Trinajstić information content (AvgIpc) is 2.03. The van der Waals surface area contributed by atoms with Gasteiger partial charge in [0.15, 0.2) is 0 Å². The zero-order chi connectivity index (χ0) is 8.97. The predicted molar refractivity (Wildman–Crippen MR) is 59.4 cm³/mol. The first kappa shape index (κ1) is 13.2. The molecule has 13 heavy (non-hydrogen) atoms. The molecule has 1 rings (SSSR count). The maximum absolute atomic E-state index is 5.75. The number of halogens is 1. The van der Waals surface area contributed by atoms with Gasteiger partial charge in [0.05, 0.1) is 0 Å². The Hall–Kier alpha value is 0.170. The number of nitrogens with two attached hydrogens (primary N) is 1. The summed E-state index contributed by atoms with van der Waals surface area (Å²) in [6, 6.07) is 0.984. The van der Waals surface area contributed by atoms with Crippen molar-refractivity contribution in [2.75, 3.05) is 26.7 Å². The van der Waals surface area contributed by atoms with Crippen LogP contribution in [0.3, 0.4) is 0 Å². The number of likely N-dealkylation sites (N-methyl/N-ethyl adjacent to an activating group) is 1. The molecule has 80 valence electrons. The molecule has 3 nitrogen and oxygen atoms in total. The fourth-order valence-electron chi connectivity index (χ4n) is 1.86. The van der Waals surface area contributed by atoms with Gasteiger partial charge in [-0.3, -0.25) is 0 Å². The molecule has 3 N–H and O–H groups in total. The summed E-state index contributed by atoms with van der Waals surface area (Å²) in [6.45, 7) is 5.50. The van der Waals surface area contributed by atoms with Crippen LogP contribution in [0.15, 0.2) is 0 Å². The zero-order valence-electron chi connectivity index (χ0n) is 8.62. The van der Waals surface area contributed by atoms with Crippen LogP contribution in [-0.4, -0.2) is 43.7 Å². The quantitative estimate of drug-likeness (QED) is 0.706. The molecular formula is C9H22ClN3. The van der Waals surface area contributed by atoms with E-state index >= 15 is 0 Å². The number of hydrogen-bond donors (Lipinski definition) is 2.